The van der Waals surface area contributed by atoms with E-state index in [4.69, 9.17) is 0 Å². The second-order valence-corrected chi connectivity index (χ2v) is 4.38. The quantitative estimate of drug-likeness (QED) is 0.283. The Morgan fingerprint density at radius 3 is 2.53 bits per heavy atom. The third kappa shape index (κ3) is 8.07. The molecule has 1 aliphatic rings. The van der Waals surface area contributed by atoms with Crippen molar-refractivity contribution >= 4 is 35.8 Å². The lowest BCUT2D eigenvalue weighted by Crippen LogP contribution is -2.43. The van der Waals surface area contributed by atoms with Crippen molar-refractivity contribution in [1.82, 2.24) is 16.0 Å². The summed E-state index contributed by atoms with van der Waals surface area (Å²) in [5.41, 5.74) is 0. The summed E-state index contributed by atoms with van der Waals surface area (Å²) < 4.78 is 0. The van der Waals surface area contributed by atoms with Crippen LogP contribution in [0.4, 0.5) is 0 Å². The highest BCUT2D eigenvalue weighted by molar-refractivity contribution is 14.0. The Morgan fingerprint density at radius 1 is 1.26 bits per heavy atom. The fourth-order valence-corrected chi connectivity index (χ4v) is 1.77. The van der Waals surface area contributed by atoms with Gasteiger partial charge in [0.25, 0.3) is 0 Å². The molecule has 0 aromatic carbocycles. The normalized spacial score (nSPS) is 14.9. The Labute approximate surface area is 132 Å². The maximum Gasteiger partial charge on any atom is 0.221 e. The van der Waals surface area contributed by atoms with Crippen molar-refractivity contribution < 1.29 is 4.79 Å². The van der Waals surface area contributed by atoms with Crippen molar-refractivity contribution in [2.24, 2.45) is 4.99 Å². The van der Waals surface area contributed by atoms with Crippen molar-refractivity contribution in [3.05, 3.63) is 12.2 Å². The Bertz CT molecular complexity index is 310. The van der Waals surface area contributed by atoms with Crippen LogP contribution in [0.2, 0.25) is 0 Å². The first-order valence-electron chi connectivity index (χ1n) is 6.65. The maximum absolute atomic E-state index is 11.4. The molecule has 0 bridgehead atoms. The molecule has 0 aromatic heterocycles. The van der Waals surface area contributed by atoms with Crippen LogP contribution >= 0.6 is 24.0 Å². The Kier molecular flexibility index (Phi) is 10.6. The van der Waals surface area contributed by atoms with E-state index >= 15 is 0 Å². The number of aliphatic imine (C=N–C) groups is 1. The molecule has 0 fully saturated rings. The number of rotatable bonds is 6. The summed E-state index contributed by atoms with van der Waals surface area (Å²) >= 11 is 0. The lowest BCUT2D eigenvalue weighted by atomic mass is 10.2. The summed E-state index contributed by atoms with van der Waals surface area (Å²) in [7, 11) is 1.74. The molecule has 1 rings (SSSR count). The smallest absolute Gasteiger partial charge is 0.221 e. The van der Waals surface area contributed by atoms with E-state index in [0.29, 0.717) is 19.0 Å². The molecule has 0 spiro atoms. The van der Waals surface area contributed by atoms with Gasteiger partial charge in [-0.1, -0.05) is 19.1 Å². The number of hydrogen-bond donors (Lipinski definition) is 3. The number of hydrogen-bond acceptors (Lipinski definition) is 2. The Morgan fingerprint density at radius 2 is 1.95 bits per heavy atom. The van der Waals surface area contributed by atoms with Gasteiger partial charge in [0.05, 0.1) is 0 Å². The van der Waals surface area contributed by atoms with Crippen molar-refractivity contribution in [2.75, 3.05) is 20.1 Å². The fourth-order valence-electron chi connectivity index (χ4n) is 1.77. The zero-order chi connectivity index (χ0) is 13.2. The van der Waals surface area contributed by atoms with Crippen LogP contribution in [0.3, 0.4) is 0 Å². The molecule has 0 radical (unpaired) electrons. The van der Waals surface area contributed by atoms with E-state index in [0.717, 1.165) is 31.8 Å². The summed E-state index contributed by atoms with van der Waals surface area (Å²) in [5, 5.41) is 9.33. The average molecular weight is 380 g/mol. The molecule has 0 aliphatic heterocycles. The van der Waals surface area contributed by atoms with E-state index in [1.807, 2.05) is 6.92 Å². The predicted octanol–water partition coefficient (Wildman–Crippen LogP) is 1.40. The van der Waals surface area contributed by atoms with Gasteiger partial charge in [0.2, 0.25) is 5.91 Å². The molecule has 0 atom stereocenters. The third-order valence-corrected chi connectivity index (χ3v) is 2.79. The molecule has 0 heterocycles. The van der Waals surface area contributed by atoms with Gasteiger partial charge in [0.1, 0.15) is 0 Å². The molecule has 110 valence electrons. The highest BCUT2D eigenvalue weighted by Gasteiger charge is 2.11. The molecule has 0 unspecified atom stereocenters. The monoisotopic (exact) mass is 380 g/mol. The lowest BCUT2D eigenvalue weighted by Gasteiger charge is -2.16. The third-order valence-electron chi connectivity index (χ3n) is 2.79. The average Bonchev–Trinajstić information content (AvgIpc) is 2.88. The van der Waals surface area contributed by atoms with Crippen molar-refractivity contribution in [3.8, 4) is 0 Å². The van der Waals surface area contributed by atoms with Gasteiger partial charge in [-0.15, -0.1) is 24.0 Å². The van der Waals surface area contributed by atoms with Crippen molar-refractivity contribution in [3.63, 3.8) is 0 Å². The summed E-state index contributed by atoms with van der Waals surface area (Å²) in [4.78, 5) is 15.5. The first kappa shape index (κ1) is 18.2. The van der Waals surface area contributed by atoms with Gasteiger partial charge in [-0.05, 0) is 19.3 Å². The highest BCUT2D eigenvalue weighted by Crippen LogP contribution is 2.08. The first-order chi connectivity index (χ1) is 8.76. The number of carbonyl (C=O) groups excluding carboxylic acids is 1. The Hall–Kier alpha value is -0.790. The number of carbonyl (C=O) groups is 1. The maximum atomic E-state index is 11.4. The summed E-state index contributed by atoms with van der Waals surface area (Å²) in [6, 6.07) is 0.435. The highest BCUT2D eigenvalue weighted by atomic mass is 127. The number of halogens is 1. The molecule has 5 nitrogen and oxygen atoms in total. The number of nitrogens with one attached hydrogen (secondary N) is 3. The van der Waals surface area contributed by atoms with Gasteiger partial charge in [-0.3, -0.25) is 9.79 Å². The van der Waals surface area contributed by atoms with Crippen LogP contribution in [-0.2, 0) is 4.79 Å². The molecule has 0 saturated carbocycles. The largest absolute Gasteiger partial charge is 0.356 e. The lowest BCUT2D eigenvalue weighted by molar-refractivity contribution is -0.120. The van der Waals surface area contributed by atoms with Gasteiger partial charge in [0.15, 0.2) is 5.96 Å². The van der Waals surface area contributed by atoms with E-state index in [-0.39, 0.29) is 29.9 Å². The van der Waals surface area contributed by atoms with E-state index in [9.17, 15) is 4.79 Å². The van der Waals surface area contributed by atoms with Gasteiger partial charge >= 0.3 is 0 Å². The summed E-state index contributed by atoms with van der Waals surface area (Å²) in [5.74, 6) is 0.856. The van der Waals surface area contributed by atoms with Crippen molar-refractivity contribution in [1.29, 1.82) is 0 Å². The molecule has 0 aromatic rings. The van der Waals surface area contributed by atoms with Crippen LogP contribution in [-0.4, -0.2) is 38.0 Å². The second kappa shape index (κ2) is 11.1. The summed E-state index contributed by atoms with van der Waals surface area (Å²) in [6.07, 6.45) is 7.86. The fraction of sp³-hybridized carbons (Fsp3) is 0.692. The molecular weight excluding hydrogens is 355 g/mol. The number of guanidine groups is 1. The van der Waals surface area contributed by atoms with Crippen LogP contribution < -0.4 is 16.0 Å². The minimum Gasteiger partial charge on any atom is -0.356 e. The molecule has 19 heavy (non-hydrogen) atoms. The molecule has 6 heteroatoms. The van der Waals surface area contributed by atoms with E-state index in [1.165, 1.54) is 0 Å². The second-order valence-electron chi connectivity index (χ2n) is 4.38. The minimum absolute atomic E-state index is 0. The zero-order valence-electron chi connectivity index (χ0n) is 11.7. The van der Waals surface area contributed by atoms with Crippen LogP contribution in [0.25, 0.3) is 0 Å². The summed E-state index contributed by atoms with van der Waals surface area (Å²) in [6.45, 7) is 3.40. The SMILES string of the molecule is CCCNC(=O)CCNC(=NC)NC1CC=CC1.I. The molecule has 3 N–H and O–H groups in total. The molecule has 0 saturated heterocycles. The minimum atomic E-state index is 0. The van der Waals surface area contributed by atoms with Crippen LogP contribution in [0.5, 0.6) is 0 Å². The molecule has 1 amide bonds. The topological polar surface area (TPSA) is 65.5 Å². The van der Waals surface area contributed by atoms with Gasteiger partial charge in [-0.2, -0.15) is 0 Å². The van der Waals surface area contributed by atoms with Gasteiger partial charge in [-0.25, -0.2) is 0 Å². The number of nitrogens with zero attached hydrogens (tertiary/aromatic N) is 1. The van der Waals surface area contributed by atoms with Gasteiger partial charge in [0, 0.05) is 32.6 Å². The first-order valence-corrected chi connectivity index (χ1v) is 6.65. The van der Waals surface area contributed by atoms with Crippen molar-refractivity contribution in [2.45, 2.75) is 38.6 Å². The Balaban J connectivity index is 0.00000324. The zero-order valence-corrected chi connectivity index (χ0v) is 14.1. The van der Waals surface area contributed by atoms with Crippen LogP contribution in [0.15, 0.2) is 17.1 Å². The molecule has 1 aliphatic carbocycles. The predicted molar refractivity (Wildman–Crippen MR) is 90.0 cm³/mol. The van der Waals surface area contributed by atoms with E-state index < -0.39 is 0 Å². The standard InChI is InChI=1S/C13H24N4O.HI/c1-3-9-15-12(18)8-10-16-13(14-2)17-11-6-4-5-7-11;/h4-5,11H,3,6-10H2,1-2H3,(H,15,18)(H2,14,16,17);1H. The number of amides is 1. The van der Waals surface area contributed by atoms with E-state index in [1.54, 1.807) is 7.05 Å². The molecular formula is C13H25IN4O. The van der Waals surface area contributed by atoms with Gasteiger partial charge < -0.3 is 16.0 Å². The van der Waals surface area contributed by atoms with Crippen LogP contribution in [0, 0.1) is 0 Å². The van der Waals surface area contributed by atoms with Crippen LogP contribution in [0.1, 0.15) is 32.6 Å². The van der Waals surface area contributed by atoms with E-state index in [2.05, 4.69) is 33.1 Å².